The first kappa shape index (κ1) is 18.1. The molecule has 0 saturated carbocycles. The lowest BCUT2D eigenvalue weighted by atomic mass is 10.2. The predicted molar refractivity (Wildman–Crippen MR) is 93.6 cm³/mol. The topological polar surface area (TPSA) is 63.2 Å². The van der Waals surface area contributed by atoms with Gasteiger partial charge in [0.25, 0.3) is 0 Å². The van der Waals surface area contributed by atoms with E-state index in [1.807, 2.05) is 13.0 Å². The Morgan fingerprint density at radius 2 is 2.08 bits per heavy atom. The fourth-order valence-corrected chi connectivity index (χ4v) is 2.14. The van der Waals surface area contributed by atoms with E-state index in [1.54, 1.807) is 37.3 Å². The molecule has 0 aliphatic heterocycles. The van der Waals surface area contributed by atoms with Crippen molar-refractivity contribution in [1.29, 1.82) is 5.26 Å². The molecule has 0 radical (unpaired) electrons. The second-order valence-corrected chi connectivity index (χ2v) is 5.94. The molecule has 0 spiro atoms. The number of benzene rings is 1. The van der Waals surface area contributed by atoms with Gasteiger partial charge < -0.3 is 9.15 Å². The van der Waals surface area contributed by atoms with E-state index < -0.39 is 5.97 Å². The smallest absolute Gasteiger partial charge is 0.349 e. The summed E-state index contributed by atoms with van der Waals surface area (Å²) < 4.78 is 10.8. The Balaban J connectivity index is 2.24. The SMILES string of the molecule is CC[C@@H](C)OC(=O)/C(C#N)=C/c1ccc(-c2ccc(Cl)c(Cl)c2)o1. The van der Waals surface area contributed by atoms with Crippen LogP contribution >= 0.6 is 23.2 Å². The molecule has 0 N–H and O–H groups in total. The van der Waals surface area contributed by atoms with E-state index in [9.17, 15) is 4.79 Å². The maximum Gasteiger partial charge on any atom is 0.349 e. The molecule has 1 atom stereocenters. The maximum absolute atomic E-state index is 11.9. The van der Waals surface area contributed by atoms with Crippen molar-refractivity contribution in [2.45, 2.75) is 26.4 Å². The lowest BCUT2D eigenvalue weighted by Crippen LogP contribution is -2.15. The van der Waals surface area contributed by atoms with Gasteiger partial charge in [0.15, 0.2) is 0 Å². The van der Waals surface area contributed by atoms with Crippen LogP contribution in [-0.2, 0) is 9.53 Å². The number of nitrogens with zero attached hydrogens (tertiary/aromatic N) is 1. The van der Waals surface area contributed by atoms with Crippen LogP contribution in [0.3, 0.4) is 0 Å². The number of furan rings is 1. The molecule has 0 aliphatic carbocycles. The molecule has 0 amide bonds. The van der Waals surface area contributed by atoms with Crippen LogP contribution in [0, 0.1) is 11.3 Å². The van der Waals surface area contributed by atoms with Gasteiger partial charge in [-0.3, -0.25) is 0 Å². The average molecular weight is 364 g/mol. The third kappa shape index (κ3) is 4.41. The van der Waals surface area contributed by atoms with Crippen molar-refractivity contribution < 1.29 is 13.9 Å². The third-order valence-electron chi connectivity index (χ3n) is 3.34. The van der Waals surface area contributed by atoms with Crippen molar-refractivity contribution in [2.75, 3.05) is 0 Å². The molecule has 2 rings (SSSR count). The fraction of sp³-hybridized carbons (Fsp3) is 0.222. The average Bonchev–Trinajstić information content (AvgIpc) is 3.03. The number of hydrogen-bond donors (Lipinski definition) is 0. The molecule has 124 valence electrons. The molecular formula is C18H15Cl2NO3. The number of halogens is 2. The van der Waals surface area contributed by atoms with E-state index in [2.05, 4.69) is 0 Å². The monoisotopic (exact) mass is 363 g/mol. The zero-order valence-corrected chi connectivity index (χ0v) is 14.7. The summed E-state index contributed by atoms with van der Waals surface area (Å²) in [7, 11) is 0. The molecule has 0 saturated heterocycles. The first-order valence-electron chi connectivity index (χ1n) is 7.32. The Labute approximate surface area is 150 Å². The number of ether oxygens (including phenoxy) is 1. The van der Waals surface area contributed by atoms with Gasteiger partial charge in [0.05, 0.1) is 16.1 Å². The van der Waals surface area contributed by atoms with Crippen LogP contribution in [0.4, 0.5) is 0 Å². The molecule has 1 aromatic carbocycles. The summed E-state index contributed by atoms with van der Waals surface area (Å²) in [6.45, 7) is 3.66. The van der Waals surface area contributed by atoms with Gasteiger partial charge in [0, 0.05) is 11.6 Å². The summed E-state index contributed by atoms with van der Waals surface area (Å²) in [5.41, 5.74) is 0.620. The number of esters is 1. The van der Waals surface area contributed by atoms with Crippen LogP contribution in [0.2, 0.25) is 10.0 Å². The van der Waals surface area contributed by atoms with Gasteiger partial charge in [0.1, 0.15) is 23.2 Å². The van der Waals surface area contributed by atoms with Crippen LogP contribution in [0.25, 0.3) is 17.4 Å². The largest absolute Gasteiger partial charge is 0.459 e. The first-order valence-corrected chi connectivity index (χ1v) is 8.08. The summed E-state index contributed by atoms with van der Waals surface area (Å²) >= 11 is 11.9. The zero-order chi connectivity index (χ0) is 17.7. The minimum atomic E-state index is -0.667. The van der Waals surface area contributed by atoms with Gasteiger partial charge >= 0.3 is 5.97 Å². The summed E-state index contributed by atoms with van der Waals surface area (Å²) in [6.07, 6.45) is 1.77. The van der Waals surface area contributed by atoms with E-state index in [1.165, 1.54) is 6.08 Å². The predicted octanol–water partition coefficient (Wildman–Crippen LogP) is 5.50. The van der Waals surface area contributed by atoms with Gasteiger partial charge in [-0.1, -0.05) is 30.1 Å². The van der Waals surface area contributed by atoms with E-state index in [4.69, 9.17) is 37.6 Å². The highest BCUT2D eigenvalue weighted by Crippen LogP contribution is 2.30. The Morgan fingerprint density at radius 3 is 2.71 bits per heavy atom. The van der Waals surface area contributed by atoms with E-state index in [0.717, 1.165) is 5.56 Å². The molecule has 1 heterocycles. The lowest BCUT2D eigenvalue weighted by Gasteiger charge is -2.09. The van der Waals surface area contributed by atoms with Gasteiger partial charge in [-0.25, -0.2) is 4.79 Å². The standard InChI is InChI=1S/C18H15Cl2NO3/c1-3-11(2)23-18(22)13(10-21)8-14-5-7-17(24-14)12-4-6-15(19)16(20)9-12/h4-9,11H,3H2,1-2H3/b13-8+/t11-/m1/s1. The molecule has 0 bridgehead atoms. The number of carbonyl (C=O) groups is 1. The summed E-state index contributed by atoms with van der Waals surface area (Å²) in [4.78, 5) is 11.9. The van der Waals surface area contributed by atoms with Crippen LogP contribution in [-0.4, -0.2) is 12.1 Å². The second-order valence-electron chi connectivity index (χ2n) is 5.12. The molecule has 0 unspecified atom stereocenters. The van der Waals surface area contributed by atoms with Crippen LogP contribution in [0.15, 0.2) is 40.3 Å². The minimum Gasteiger partial charge on any atom is -0.459 e. The van der Waals surface area contributed by atoms with E-state index in [0.29, 0.717) is 28.0 Å². The van der Waals surface area contributed by atoms with Gasteiger partial charge in [-0.2, -0.15) is 5.26 Å². The molecular weight excluding hydrogens is 349 g/mol. The van der Waals surface area contributed by atoms with Crippen molar-refractivity contribution in [2.24, 2.45) is 0 Å². The molecule has 6 heteroatoms. The quantitative estimate of drug-likeness (QED) is 0.399. The molecule has 2 aromatic rings. The molecule has 24 heavy (non-hydrogen) atoms. The second kappa shape index (κ2) is 8.05. The zero-order valence-electron chi connectivity index (χ0n) is 13.2. The van der Waals surface area contributed by atoms with Crippen molar-refractivity contribution >= 4 is 35.2 Å². The van der Waals surface area contributed by atoms with Crippen LogP contribution < -0.4 is 0 Å². The van der Waals surface area contributed by atoms with E-state index in [-0.39, 0.29) is 11.7 Å². The normalized spacial score (nSPS) is 12.5. The molecule has 0 fully saturated rings. The van der Waals surface area contributed by atoms with Crippen molar-refractivity contribution in [3.8, 4) is 17.4 Å². The van der Waals surface area contributed by atoms with Crippen molar-refractivity contribution in [3.05, 3.63) is 51.7 Å². The van der Waals surface area contributed by atoms with Crippen molar-refractivity contribution in [3.63, 3.8) is 0 Å². The number of rotatable bonds is 5. The maximum atomic E-state index is 11.9. The Bertz CT molecular complexity index is 818. The lowest BCUT2D eigenvalue weighted by molar-refractivity contribution is -0.142. The highest BCUT2D eigenvalue weighted by atomic mass is 35.5. The number of nitriles is 1. The van der Waals surface area contributed by atoms with Gasteiger partial charge in [-0.05, 0) is 43.7 Å². The Kier molecular flexibility index (Phi) is 6.08. The van der Waals surface area contributed by atoms with E-state index >= 15 is 0 Å². The molecule has 1 aromatic heterocycles. The Morgan fingerprint density at radius 1 is 1.33 bits per heavy atom. The fourth-order valence-electron chi connectivity index (χ4n) is 1.84. The summed E-state index contributed by atoms with van der Waals surface area (Å²) in [6, 6.07) is 10.3. The number of carbonyl (C=O) groups excluding carboxylic acids is 1. The Hall–Kier alpha value is -2.22. The van der Waals surface area contributed by atoms with Crippen LogP contribution in [0.5, 0.6) is 0 Å². The third-order valence-corrected chi connectivity index (χ3v) is 4.08. The van der Waals surface area contributed by atoms with Crippen LogP contribution in [0.1, 0.15) is 26.0 Å². The molecule has 4 nitrogen and oxygen atoms in total. The van der Waals surface area contributed by atoms with Crippen molar-refractivity contribution in [1.82, 2.24) is 0 Å². The first-order chi connectivity index (χ1) is 11.4. The summed E-state index contributed by atoms with van der Waals surface area (Å²) in [5.74, 6) is 0.250. The highest BCUT2D eigenvalue weighted by Gasteiger charge is 2.15. The number of hydrogen-bond acceptors (Lipinski definition) is 4. The molecule has 0 aliphatic rings. The van der Waals surface area contributed by atoms with Gasteiger partial charge in [0.2, 0.25) is 0 Å². The van der Waals surface area contributed by atoms with Gasteiger partial charge in [-0.15, -0.1) is 0 Å². The minimum absolute atomic E-state index is 0.120. The summed E-state index contributed by atoms with van der Waals surface area (Å²) in [5, 5.41) is 10.0. The highest BCUT2D eigenvalue weighted by molar-refractivity contribution is 6.42.